The van der Waals surface area contributed by atoms with Crippen LogP contribution < -0.4 is 10.6 Å². The lowest BCUT2D eigenvalue weighted by atomic mass is 9.92. The van der Waals surface area contributed by atoms with Crippen LogP contribution in [0.1, 0.15) is 68.9 Å². The first kappa shape index (κ1) is 19.8. The summed E-state index contributed by atoms with van der Waals surface area (Å²) in [5, 5.41) is 14.7. The van der Waals surface area contributed by atoms with Crippen molar-refractivity contribution >= 4 is 11.8 Å². The maximum Gasteiger partial charge on any atom is 0.276 e. The van der Waals surface area contributed by atoms with Gasteiger partial charge in [-0.2, -0.15) is 0 Å². The molecule has 1 aromatic heterocycles. The van der Waals surface area contributed by atoms with Gasteiger partial charge in [0.2, 0.25) is 5.91 Å². The Morgan fingerprint density at radius 3 is 2.78 bits per heavy atom. The zero-order valence-corrected chi connectivity index (χ0v) is 16.5. The molecule has 2 saturated heterocycles. The molecule has 0 spiro atoms. The molecule has 0 bridgehead atoms. The summed E-state index contributed by atoms with van der Waals surface area (Å²) in [4.78, 5) is 27.2. The normalized spacial score (nSPS) is 24.0. The Hall–Kier alpha value is -1.96. The highest BCUT2D eigenvalue weighted by Gasteiger charge is 2.34. The summed E-state index contributed by atoms with van der Waals surface area (Å²) in [6.45, 7) is 7.24. The number of nitrogens with zero attached hydrogens (tertiary/aromatic N) is 4. The number of piperidine rings is 2. The van der Waals surface area contributed by atoms with Crippen LogP contribution in [0, 0.1) is 5.92 Å². The van der Waals surface area contributed by atoms with Crippen LogP contribution in [0.25, 0.3) is 0 Å². The van der Waals surface area contributed by atoms with E-state index in [-0.39, 0.29) is 23.8 Å². The monoisotopic (exact) mass is 376 g/mol. The molecule has 150 valence electrons. The van der Waals surface area contributed by atoms with Crippen molar-refractivity contribution in [3.8, 4) is 0 Å². The van der Waals surface area contributed by atoms with Gasteiger partial charge in [-0.1, -0.05) is 18.6 Å². The average Bonchev–Trinajstić information content (AvgIpc) is 3.19. The third-order valence-electron chi connectivity index (χ3n) is 5.76. The SMILES string of the molecule is CCCCNC(=O)C1CCC(C)N(C(=O)c2cn(C3CCNCC3)nn2)C1. The summed E-state index contributed by atoms with van der Waals surface area (Å²) in [6, 6.07) is 0.414. The summed E-state index contributed by atoms with van der Waals surface area (Å²) in [7, 11) is 0. The highest BCUT2D eigenvalue weighted by molar-refractivity contribution is 5.92. The van der Waals surface area contributed by atoms with Crippen LogP contribution in [0.15, 0.2) is 6.20 Å². The number of carbonyl (C=O) groups excluding carboxylic acids is 2. The number of unbranched alkanes of at least 4 members (excludes halogenated alkanes) is 1. The van der Waals surface area contributed by atoms with Crippen molar-refractivity contribution in [2.75, 3.05) is 26.2 Å². The summed E-state index contributed by atoms with van der Waals surface area (Å²) in [6.07, 6.45) is 7.46. The van der Waals surface area contributed by atoms with Gasteiger partial charge in [-0.15, -0.1) is 5.10 Å². The molecule has 8 heteroatoms. The number of amides is 2. The lowest BCUT2D eigenvalue weighted by Gasteiger charge is -2.37. The van der Waals surface area contributed by atoms with E-state index in [9.17, 15) is 9.59 Å². The molecule has 2 aliphatic rings. The largest absolute Gasteiger partial charge is 0.356 e. The molecule has 2 unspecified atom stereocenters. The predicted molar refractivity (Wildman–Crippen MR) is 102 cm³/mol. The molecule has 3 rings (SSSR count). The Bertz CT molecular complexity index is 640. The van der Waals surface area contributed by atoms with Gasteiger partial charge in [0.15, 0.2) is 5.69 Å². The molecule has 0 aromatic carbocycles. The third-order valence-corrected chi connectivity index (χ3v) is 5.76. The van der Waals surface area contributed by atoms with Crippen LogP contribution in [-0.2, 0) is 4.79 Å². The van der Waals surface area contributed by atoms with Crippen LogP contribution >= 0.6 is 0 Å². The zero-order valence-electron chi connectivity index (χ0n) is 16.5. The minimum absolute atomic E-state index is 0.0616. The van der Waals surface area contributed by atoms with Crippen LogP contribution in [0.5, 0.6) is 0 Å². The smallest absolute Gasteiger partial charge is 0.276 e. The standard InChI is InChI=1S/C19H32N6O2/c1-3-4-9-21-18(26)15-6-5-14(2)24(12-15)19(27)17-13-25(23-22-17)16-7-10-20-11-8-16/h13-16,20H,3-12H2,1-2H3,(H,21,26). The van der Waals surface area contributed by atoms with E-state index in [4.69, 9.17) is 0 Å². The summed E-state index contributed by atoms with van der Waals surface area (Å²) >= 11 is 0. The maximum atomic E-state index is 13.0. The van der Waals surface area contributed by atoms with Crippen LogP contribution in [0.3, 0.4) is 0 Å². The Kier molecular flexibility index (Phi) is 6.82. The molecule has 3 heterocycles. The number of carbonyl (C=O) groups is 2. The topological polar surface area (TPSA) is 92.2 Å². The van der Waals surface area contributed by atoms with E-state index >= 15 is 0 Å². The van der Waals surface area contributed by atoms with Crippen molar-refractivity contribution in [1.82, 2.24) is 30.5 Å². The molecule has 2 N–H and O–H groups in total. The molecule has 1 aromatic rings. The van der Waals surface area contributed by atoms with Crippen LogP contribution in [0.2, 0.25) is 0 Å². The Labute approximate surface area is 161 Å². The quantitative estimate of drug-likeness (QED) is 0.732. The Morgan fingerprint density at radius 1 is 1.26 bits per heavy atom. The second-order valence-corrected chi connectivity index (χ2v) is 7.79. The van der Waals surface area contributed by atoms with Crippen LogP contribution in [0.4, 0.5) is 0 Å². The van der Waals surface area contributed by atoms with Gasteiger partial charge < -0.3 is 15.5 Å². The number of aromatic nitrogens is 3. The Morgan fingerprint density at radius 2 is 2.04 bits per heavy atom. The molecule has 0 radical (unpaired) electrons. The molecular weight excluding hydrogens is 344 g/mol. The lowest BCUT2D eigenvalue weighted by Crippen LogP contribution is -2.49. The number of rotatable bonds is 6. The molecule has 2 fully saturated rings. The number of hydrogen-bond acceptors (Lipinski definition) is 5. The van der Waals surface area contributed by atoms with Crippen molar-refractivity contribution in [3.05, 3.63) is 11.9 Å². The molecule has 27 heavy (non-hydrogen) atoms. The van der Waals surface area contributed by atoms with Crippen molar-refractivity contribution in [2.45, 2.75) is 64.5 Å². The highest BCUT2D eigenvalue weighted by atomic mass is 16.2. The second kappa shape index (κ2) is 9.30. The first-order chi connectivity index (χ1) is 13.1. The molecular formula is C19H32N6O2. The van der Waals surface area contributed by atoms with Gasteiger partial charge in [0.25, 0.3) is 5.91 Å². The summed E-state index contributed by atoms with van der Waals surface area (Å²) in [5.74, 6) is -0.193. The first-order valence-electron chi connectivity index (χ1n) is 10.3. The van der Waals surface area contributed by atoms with Crippen molar-refractivity contribution in [2.24, 2.45) is 5.92 Å². The van der Waals surface area contributed by atoms with Crippen molar-refractivity contribution in [3.63, 3.8) is 0 Å². The third kappa shape index (κ3) is 4.86. The minimum Gasteiger partial charge on any atom is -0.356 e. The molecule has 0 aliphatic carbocycles. The van der Waals surface area contributed by atoms with E-state index < -0.39 is 0 Å². The maximum absolute atomic E-state index is 13.0. The molecule has 2 amide bonds. The number of nitrogens with one attached hydrogen (secondary N) is 2. The zero-order chi connectivity index (χ0) is 19.2. The fourth-order valence-electron chi connectivity index (χ4n) is 3.91. The fourth-order valence-corrected chi connectivity index (χ4v) is 3.91. The van der Waals surface area contributed by atoms with E-state index in [2.05, 4.69) is 27.9 Å². The fraction of sp³-hybridized carbons (Fsp3) is 0.789. The van der Waals surface area contributed by atoms with Gasteiger partial charge in [-0.25, -0.2) is 4.68 Å². The molecule has 8 nitrogen and oxygen atoms in total. The van der Waals surface area contributed by atoms with E-state index in [0.717, 1.165) is 51.6 Å². The second-order valence-electron chi connectivity index (χ2n) is 7.79. The summed E-state index contributed by atoms with van der Waals surface area (Å²) < 4.78 is 1.83. The van der Waals surface area contributed by atoms with Gasteiger partial charge in [0, 0.05) is 19.1 Å². The van der Waals surface area contributed by atoms with Gasteiger partial charge >= 0.3 is 0 Å². The molecule has 2 aliphatic heterocycles. The average molecular weight is 377 g/mol. The van der Waals surface area contributed by atoms with Crippen molar-refractivity contribution in [1.29, 1.82) is 0 Å². The molecule has 0 saturated carbocycles. The van der Waals surface area contributed by atoms with Gasteiger partial charge in [-0.05, 0) is 52.1 Å². The van der Waals surface area contributed by atoms with Crippen molar-refractivity contribution < 1.29 is 9.59 Å². The first-order valence-corrected chi connectivity index (χ1v) is 10.3. The van der Waals surface area contributed by atoms with E-state index in [1.165, 1.54) is 0 Å². The van der Waals surface area contributed by atoms with E-state index in [1.807, 2.05) is 11.6 Å². The summed E-state index contributed by atoms with van der Waals surface area (Å²) in [5.41, 5.74) is 0.382. The van der Waals surface area contributed by atoms with E-state index in [1.54, 1.807) is 11.1 Å². The van der Waals surface area contributed by atoms with Gasteiger partial charge in [0.1, 0.15) is 0 Å². The lowest BCUT2D eigenvalue weighted by molar-refractivity contribution is -0.126. The van der Waals surface area contributed by atoms with Gasteiger partial charge in [-0.3, -0.25) is 9.59 Å². The highest BCUT2D eigenvalue weighted by Crippen LogP contribution is 2.24. The van der Waals surface area contributed by atoms with Crippen LogP contribution in [-0.4, -0.2) is 63.9 Å². The van der Waals surface area contributed by atoms with Gasteiger partial charge in [0.05, 0.1) is 18.2 Å². The molecule has 2 atom stereocenters. The van der Waals surface area contributed by atoms with E-state index in [0.29, 0.717) is 24.8 Å². The minimum atomic E-state index is -0.138. The Balaban J connectivity index is 1.62. The number of hydrogen-bond donors (Lipinski definition) is 2. The predicted octanol–water partition coefficient (Wildman–Crippen LogP) is 1.36. The number of likely N-dealkylation sites (tertiary alicyclic amines) is 1.